The summed E-state index contributed by atoms with van der Waals surface area (Å²) in [4.78, 5) is 84.5. The Kier molecular flexibility index (Phi) is 17.6. The van der Waals surface area contributed by atoms with Crippen LogP contribution in [-0.4, -0.2) is 105 Å². The monoisotopic (exact) mass is 598 g/mol. The first-order chi connectivity index (χ1) is 20.0. The van der Waals surface area contributed by atoms with E-state index in [1.54, 1.807) is 13.8 Å². The summed E-state index contributed by atoms with van der Waals surface area (Å²) in [6.45, 7) is 5.07. The van der Waals surface area contributed by atoms with Gasteiger partial charge in [0.2, 0.25) is 29.5 Å². The van der Waals surface area contributed by atoms with Gasteiger partial charge in [-0.15, -0.1) is 0 Å². The van der Waals surface area contributed by atoms with Crippen molar-refractivity contribution in [3.05, 3.63) is 0 Å². The van der Waals surface area contributed by atoms with Crippen molar-refractivity contribution in [2.45, 2.75) is 64.8 Å². The zero-order chi connectivity index (χ0) is 31.5. The fourth-order valence-corrected chi connectivity index (χ4v) is 4.25. The molecule has 15 nitrogen and oxygen atoms in total. The Bertz CT molecular complexity index is 927. The number of ether oxygens (including phenoxy) is 2. The SMILES string of the molecule is CNC(=O)[C@H](CCCNC(N)=O)CC(=O)[C@@H](NC(=O)CCOCCOCCNC(=O)CCN1C(=O)CCC1=O)C(C)C. The first kappa shape index (κ1) is 36.4. The standard InChI is InChI=1S/C27H46N6O9/c1-18(2)25(20(34)17-19(26(39)29-3)5-4-10-31-27(28)40)32-22(36)9-13-41-15-16-42-14-11-30-21(35)8-12-33-23(37)6-7-24(33)38/h18-19,25H,4-17H2,1-3H3,(H,29,39)(H,30,35)(H,32,36)(H3,28,31,40)/t19-,25+/m1/s1. The third kappa shape index (κ3) is 14.9. The minimum atomic E-state index is -0.761. The number of Topliss-reactive ketones (excluding diaryl/α,β-unsaturated/α-hetero) is 1. The summed E-state index contributed by atoms with van der Waals surface area (Å²) in [6, 6.07) is -1.42. The molecule has 0 unspecified atom stereocenters. The molecular weight excluding hydrogens is 552 g/mol. The minimum Gasteiger partial charge on any atom is -0.379 e. The molecule has 1 rings (SSSR count). The molecule has 1 aliphatic heterocycles. The number of amides is 7. The lowest BCUT2D eigenvalue weighted by Gasteiger charge is -2.23. The molecule has 7 amide bonds. The molecule has 2 atom stereocenters. The number of hydrogen-bond acceptors (Lipinski definition) is 9. The highest BCUT2D eigenvalue weighted by atomic mass is 16.5. The maximum Gasteiger partial charge on any atom is 0.312 e. The van der Waals surface area contributed by atoms with Crippen molar-refractivity contribution < 1.29 is 43.0 Å². The van der Waals surface area contributed by atoms with Gasteiger partial charge < -0.3 is 36.5 Å². The molecule has 6 N–H and O–H groups in total. The van der Waals surface area contributed by atoms with Crippen LogP contribution >= 0.6 is 0 Å². The number of ketones is 1. The number of urea groups is 1. The summed E-state index contributed by atoms with van der Waals surface area (Å²) in [5.41, 5.74) is 5.04. The number of carbonyl (C=O) groups is 7. The quantitative estimate of drug-likeness (QED) is 0.0760. The lowest BCUT2D eigenvalue weighted by Crippen LogP contribution is -2.46. The summed E-state index contributed by atoms with van der Waals surface area (Å²) in [5.74, 6) is -2.48. The lowest BCUT2D eigenvalue weighted by molar-refractivity contribution is -0.138. The molecule has 238 valence electrons. The van der Waals surface area contributed by atoms with Crippen LogP contribution < -0.4 is 27.0 Å². The molecule has 0 aliphatic carbocycles. The molecule has 0 aromatic rings. The van der Waals surface area contributed by atoms with Crippen LogP contribution in [0.4, 0.5) is 4.79 Å². The summed E-state index contributed by atoms with van der Waals surface area (Å²) < 4.78 is 10.8. The molecule has 0 aromatic carbocycles. The summed E-state index contributed by atoms with van der Waals surface area (Å²) >= 11 is 0. The number of imide groups is 1. The highest BCUT2D eigenvalue weighted by Gasteiger charge is 2.30. The van der Waals surface area contributed by atoms with Crippen LogP contribution in [0.3, 0.4) is 0 Å². The van der Waals surface area contributed by atoms with E-state index >= 15 is 0 Å². The van der Waals surface area contributed by atoms with Gasteiger partial charge in [-0.05, 0) is 18.8 Å². The number of nitrogens with one attached hydrogen (secondary N) is 4. The van der Waals surface area contributed by atoms with Crippen LogP contribution in [0.2, 0.25) is 0 Å². The van der Waals surface area contributed by atoms with Crippen LogP contribution in [0.25, 0.3) is 0 Å². The summed E-state index contributed by atoms with van der Waals surface area (Å²) in [6.07, 6.45) is 1.25. The Morgan fingerprint density at radius 3 is 2.12 bits per heavy atom. The maximum atomic E-state index is 13.0. The number of likely N-dealkylation sites (tertiary alicyclic amines) is 1. The van der Waals surface area contributed by atoms with Gasteiger partial charge in [0.1, 0.15) is 0 Å². The van der Waals surface area contributed by atoms with Crippen molar-refractivity contribution in [2.24, 2.45) is 17.6 Å². The van der Waals surface area contributed by atoms with Gasteiger partial charge in [-0.1, -0.05) is 13.8 Å². The van der Waals surface area contributed by atoms with Gasteiger partial charge >= 0.3 is 6.03 Å². The average Bonchev–Trinajstić information content (AvgIpc) is 3.26. The topological polar surface area (TPSA) is 215 Å². The van der Waals surface area contributed by atoms with Gasteiger partial charge in [0.25, 0.3) is 0 Å². The molecule has 0 radical (unpaired) electrons. The largest absolute Gasteiger partial charge is 0.379 e. The predicted molar refractivity (Wildman–Crippen MR) is 151 cm³/mol. The molecule has 0 bridgehead atoms. The first-order valence-electron chi connectivity index (χ1n) is 14.3. The second-order valence-electron chi connectivity index (χ2n) is 10.2. The highest BCUT2D eigenvalue weighted by Crippen LogP contribution is 2.16. The second kappa shape index (κ2) is 20.3. The van der Waals surface area contributed by atoms with Crippen LogP contribution in [0.15, 0.2) is 0 Å². The van der Waals surface area contributed by atoms with Gasteiger partial charge in [0, 0.05) is 64.7 Å². The normalized spacial score (nSPS) is 14.4. The summed E-state index contributed by atoms with van der Waals surface area (Å²) in [5, 5.41) is 10.4. The molecule has 0 saturated carbocycles. The third-order valence-electron chi connectivity index (χ3n) is 6.55. The van der Waals surface area contributed by atoms with Crippen LogP contribution in [0.5, 0.6) is 0 Å². The second-order valence-corrected chi connectivity index (χ2v) is 10.2. The van der Waals surface area contributed by atoms with Crippen LogP contribution in [0, 0.1) is 11.8 Å². The number of carbonyl (C=O) groups excluding carboxylic acids is 7. The van der Waals surface area contributed by atoms with Gasteiger partial charge in [0.15, 0.2) is 5.78 Å². The van der Waals surface area contributed by atoms with E-state index in [9.17, 15) is 33.6 Å². The number of primary amides is 1. The van der Waals surface area contributed by atoms with Crippen LogP contribution in [-0.2, 0) is 38.2 Å². The highest BCUT2D eigenvalue weighted by molar-refractivity contribution is 6.02. The lowest BCUT2D eigenvalue weighted by atomic mass is 9.89. The van der Waals surface area contributed by atoms with E-state index in [1.165, 1.54) is 7.05 Å². The van der Waals surface area contributed by atoms with E-state index in [4.69, 9.17) is 15.2 Å². The van der Waals surface area contributed by atoms with Crippen molar-refractivity contribution in [2.75, 3.05) is 53.1 Å². The Morgan fingerprint density at radius 2 is 1.52 bits per heavy atom. The van der Waals surface area contributed by atoms with E-state index in [-0.39, 0.29) is 119 Å². The molecule has 1 aliphatic rings. The number of nitrogens with two attached hydrogens (primary N) is 1. The fraction of sp³-hybridized carbons (Fsp3) is 0.741. The zero-order valence-electron chi connectivity index (χ0n) is 24.8. The van der Waals surface area contributed by atoms with Crippen molar-refractivity contribution in [3.63, 3.8) is 0 Å². The summed E-state index contributed by atoms with van der Waals surface area (Å²) in [7, 11) is 1.49. The zero-order valence-corrected chi connectivity index (χ0v) is 24.8. The van der Waals surface area contributed by atoms with E-state index in [2.05, 4.69) is 21.3 Å². The van der Waals surface area contributed by atoms with Crippen LogP contribution in [0.1, 0.15) is 58.8 Å². The van der Waals surface area contributed by atoms with Crippen molar-refractivity contribution in [3.8, 4) is 0 Å². The van der Waals surface area contributed by atoms with Crippen molar-refractivity contribution >= 4 is 41.4 Å². The maximum absolute atomic E-state index is 13.0. The number of nitrogens with zero attached hydrogens (tertiary/aromatic N) is 1. The fourth-order valence-electron chi connectivity index (χ4n) is 4.25. The van der Waals surface area contributed by atoms with E-state index < -0.39 is 18.0 Å². The molecule has 1 heterocycles. The Balaban J connectivity index is 2.23. The first-order valence-corrected chi connectivity index (χ1v) is 14.3. The molecule has 1 fully saturated rings. The molecule has 0 aromatic heterocycles. The minimum absolute atomic E-state index is 0.0340. The molecule has 1 saturated heterocycles. The van der Waals surface area contributed by atoms with Gasteiger partial charge in [-0.25, -0.2) is 4.79 Å². The predicted octanol–water partition coefficient (Wildman–Crippen LogP) is -1.02. The molecule has 0 spiro atoms. The van der Waals surface area contributed by atoms with Gasteiger partial charge in [0.05, 0.1) is 32.5 Å². The molecule has 15 heteroatoms. The van der Waals surface area contributed by atoms with Crippen molar-refractivity contribution in [1.82, 2.24) is 26.2 Å². The molecule has 42 heavy (non-hydrogen) atoms. The third-order valence-corrected chi connectivity index (χ3v) is 6.55. The van der Waals surface area contributed by atoms with Gasteiger partial charge in [-0.3, -0.25) is 33.7 Å². The number of rotatable bonds is 22. The average molecular weight is 599 g/mol. The van der Waals surface area contributed by atoms with Gasteiger partial charge in [-0.2, -0.15) is 0 Å². The van der Waals surface area contributed by atoms with Crippen molar-refractivity contribution in [1.29, 1.82) is 0 Å². The molecular formula is C27H46N6O9. The Morgan fingerprint density at radius 1 is 0.881 bits per heavy atom. The van der Waals surface area contributed by atoms with E-state index in [0.29, 0.717) is 12.8 Å². The van der Waals surface area contributed by atoms with E-state index in [1.807, 2.05) is 0 Å². The van der Waals surface area contributed by atoms with E-state index in [0.717, 1.165) is 4.90 Å². The Hall–Kier alpha value is -3.59. The Labute approximate surface area is 246 Å². The smallest absolute Gasteiger partial charge is 0.312 e. The number of hydrogen-bond donors (Lipinski definition) is 5.